The van der Waals surface area contributed by atoms with E-state index in [9.17, 15) is 19.1 Å². The summed E-state index contributed by atoms with van der Waals surface area (Å²) in [5, 5.41) is 12.3. The van der Waals surface area contributed by atoms with Crippen LogP contribution in [0.15, 0.2) is 23.1 Å². The quantitative estimate of drug-likeness (QED) is 0.525. The summed E-state index contributed by atoms with van der Waals surface area (Å²) >= 11 is 0. The van der Waals surface area contributed by atoms with E-state index in [1.54, 1.807) is 24.7 Å². The summed E-state index contributed by atoms with van der Waals surface area (Å²) in [5.41, 5.74) is 7.29. The van der Waals surface area contributed by atoms with Gasteiger partial charge in [0.15, 0.2) is 5.65 Å². The normalized spacial score (nSPS) is 23.1. The van der Waals surface area contributed by atoms with Crippen molar-refractivity contribution in [2.45, 2.75) is 52.5 Å². The van der Waals surface area contributed by atoms with Gasteiger partial charge in [0, 0.05) is 25.4 Å². The molecule has 0 bridgehead atoms. The number of aliphatic hydroxyl groups excluding tert-OH is 1. The van der Waals surface area contributed by atoms with Crippen LogP contribution >= 0.6 is 0 Å². The number of hydrogen-bond acceptors (Lipinski definition) is 6. The average Bonchev–Trinajstić information content (AvgIpc) is 3.00. The molecule has 34 heavy (non-hydrogen) atoms. The lowest BCUT2D eigenvalue weighted by Gasteiger charge is -2.57. The van der Waals surface area contributed by atoms with Gasteiger partial charge in [-0.2, -0.15) is 4.98 Å². The first-order chi connectivity index (χ1) is 16.2. The molecule has 1 aromatic carbocycles. The molecule has 1 amide bonds. The number of primary amides is 1. The van der Waals surface area contributed by atoms with E-state index < -0.39 is 11.7 Å². The van der Waals surface area contributed by atoms with E-state index in [4.69, 9.17) is 5.73 Å². The van der Waals surface area contributed by atoms with Gasteiger partial charge >= 0.3 is 5.69 Å². The number of rotatable bonds is 5. The van der Waals surface area contributed by atoms with Crippen molar-refractivity contribution >= 4 is 28.7 Å². The molecule has 2 aliphatic rings. The molecule has 0 aliphatic heterocycles. The monoisotopic (exact) mass is 470 g/mol. The topological polar surface area (TPSA) is 128 Å². The van der Waals surface area contributed by atoms with Crippen molar-refractivity contribution in [1.29, 1.82) is 0 Å². The Bertz CT molecular complexity index is 1300. The van der Waals surface area contributed by atoms with Gasteiger partial charge in [-0.05, 0) is 61.6 Å². The number of aliphatic hydroxyl groups is 1. The molecule has 2 saturated carbocycles. The summed E-state index contributed by atoms with van der Waals surface area (Å²) in [5.74, 6) is -0.963. The van der Waals surface area contributed by atoms with Gasteiger partial charge in [0.1, 0.15) is 11.3 Å². The van der Waals surface area contributed by atoms with E-state index in [1.165, 1.54) is 16.7 Å². The van der Waals surface area contributed by atoms with Crippen molar-refractivity contribution in [3.05, 3.63) is 45.8 Å². The van der Waals surface area contributed by atoms with E-state index in [0.717, 1.165) is 25.7 Å². The van der Waals surface area contributed by atoms with Crippen molar-refractivity contribution in [2.75, 3.05) is 11.9 Å². The van der Waals surface area contributed by atoms with Crippen LogP contribution in [0.25, 0.3) is 11.2 Å². The van der Waals surface area contributed by atoms with Crippen LogP contribution in [0.1, 0.15) is 61.5 Å². The predicted octanol–water partition coefficient (Wildman–Crippen LogP) is 3.17. The number of aromatic nitrogens is 4. The van der Waals surface area contributed by atoms with Crippen LogP contribution < -0.4 is 16.7 Å². The molecule has 5 rings (SSSR count). The zero-order valence-corrected chi connectivity index (χ0v) is 19.9. The SMILES string of the molecule is CC.Cc1cc(C(N)=O)c(F)cc1Nc1ncc2c(n1)n(C1CC3(CC(CO)C3)C1)c(=O)n2C. The number of imidazole rings is 1. The Morgan fingerprint density at radius 3 is 2.59 bits per heavy atom. The number of carbonyl (C=O) groups excluding carboxylic acids is 1. The van der Waals surface area contributed by atoms with E-state index >= 15 is 0 Å². The number of aryl methyl sites for hydroxylation is 2. The minimum absolute atomic E-state index is 0.0580. The Balaban J connectivity index is 0.00000133. The molecule has 10 heteroatoms. The maximum Gasteiger partial charge on any atom is 0.330 e. The van der Waals surface area contributed by atoms with E-state index in [1.807, 2.05) is 13.8 Å². The molecule has 0 saturated heterocycles. The second-order valence-electron chi connectivity index (χ2n) is 9.27. The Morgan fingerprint density at radius 2 is 1.97 bits per heavy atom. The Labute approximate surface area is 196 Å². The number of fused-ring (bicyclic) bond motifs is 1. The minimum Gasteiger partial charge on any atom is -0.396 e. The van der Waals surface area contributed by atoms with Gasteiger partial charge in [0.2, 0.25) is 5.95 Å². The number of anilines is 2. The van der Waals surface area contributed by atoms with E-state index in [2.05, 4.69) is 15.3 Å². The first-order valence-corrected chi connectivity index (χ1v) is 11.6. The number of halogens is 1. The molecule has 3 aromatic rings. The molecule has 2 heterocycles. The molecule has 2 fully saturated rings. The minimum atomic E-state index is -0.835. The Hall–Kier alpha value is -3.27. The van der Waals surface area contributed by atoms with E-state index in [0.29, 0.717) is 28.3 Å². The summed E-state index contributed by atoms with van der Waals surface area (Å²) in [4.78, 5) is 33.2. The van der Waals surface area contributed by atoms with Crippen LogP contribution in [0.5, 0.6) is 0 Å². The molecule has 4 N–H and O–H groups in total. The highest BCUT2D eigenvalue weighted by molar-refractivity contribution is 5.94. The standard InChI is InChI=1S/C22H25FN6O3.C2H6/c1-11-3-14(18(24)31)15(23)4-16(11)26-20-25-9-17-19(27-20)29(21(32)28(17)2)13-7-22(8-13)5-12(6-22)10-30;1-2/h3-4,9,12-13,30H,5-8,10H2,1-2H3,(H2,24,31)(H,25,26,27);1-2H3. The maximum atomic E-state index is 14.2. The van der Waals surface area contributed by atoms with Gasteiger partial charge in [-0.15, -0.1) is 0 Å². The van der Waals surface area contributed by atoms with Crippen molar-refractivity contribution in [3.63, 3.8) is 0 Å². The van der Waals surface area contributed by atoms with Gasteiger partial charge in [-0.3, -0.25) is 13.9 Å². The Kier molecular flexibility index (Phi) is 6.20. The molecule has 1 spiro atoms. The summed E-state index contributed by atoms with van der Waals surface area (Å²) in [7, 11) is 1.69. The third kappa shape index (κ3) is 3.85. The first-order valence-electron chi connectivity index (χ1n) is 11.6. The molecule has 9 nitrogen and oxygen atoms in total. The smallest absolute Gasteiger partial charge is 0.330 e. The van der Waals surface area contributed by atoms with Crippen LogP contribution in [0.3, 0.4) is 0 Å². The maximum absolute atomic E-state index is 14.2. The molecule has 182 valence electrons. The second-order valence-corrected chi connectivity index (χ2v) is 9.27. The molecular formula is C24H31FN6O3. The largest absolute Gasteiger partial charge is 0.396 e. The highest BCUT2D eigenvalue weighted by atomic mass is 19.1. The van der Waals surface area contributed by atoms with Crippen molar-refractivity contribution < 1.29 is 14.3 Å². The zero-order chi connectivity index (χ0) is 24.8. The number of nitrogens with one attached hydrogen (secondary N) is 1. The van der Waals surface area contributed by atoms with Crippen LogP contribution in [-0.4, -0.2) is 36.7 Å². The van der Waals surface area contributed by atoms with Crippen molar-refractivity contribution in [2.24, 2.45) is 24.1 Å². The number of nitrogens with two attached hydrogens (primary N) is 1. The lowest BCUT2D eigenvalue weighted by molar-refractivity contribution is -0.0773. The van der Waals surface area contributed by atoms with Gasteiger partial charge in [0.25, 0.3) is 5.91 Å². The van der Waals surface area contributed by atoms with Gasteiger partial charge in [-0.25, -0.2) is 14.2 Å². The summed E-state index contributed by atoms with van der Waals surface area (Å²) in [6.07, 6.45) is 5.38. The molecule has 0 atom stereocenters. The number of nitrogens with zero attached hydrogens (tertiary/aromatic N) is 4. The fourth-order valence-electron chi connectivity index (χ4n) is 5.40. The zero-order valence-electron chi connectivity index (χ0n) is 19.9. The summed E-state index contributed by atoms with van der Waals surface area (Å²) < 4.78 is 17.5. The number of amides is 1. The van der Waals surface area contributed by atoms with Crippen LogP contribution in [0, 0.1) is 24.1 Å². The lowest BCUT2D eigenvalue weighted by Crippen LogP contribution is -2.50. The first kappa shape index (κ1) is 23.9. The summed E-state index contributed by atoms with van der Waals surface area (Å²) in [6.45, 7) is 5.95. The predicted molar refractivity (Wildman–Crippen MR) is 128 cm³/mol. The van der Waals surface area contributed by atoms with Crippen LogP contribution in [-0.2, 0) is 7.05 Å². The highest BCUT2D eigenvalue weighted by Crippen LogP contribution is 2.62. The molecule has 2 aliphatic carbocycles. The molecular weight excluding hydrogens is 439 g/mol. The third-order valence-electron chi connectivity index (χ3n) is 7.06. The van der Waals surface area contributed by atoms with E-state index in [-0.39, 0.29) is 35.3 Å². The fourth-order valence-corrected chi connectivity index (χ4v) is 5.40. The number of carbonyl (C=O) groups is 1. The lowest BCUT2D eigenvalue weighted by atomic mass is 9.50. The van der Waals surface area contributed by atoms with Crippen molar-refractivity contribution in [3.8, 4) is 0 Å². The molecule has 0 unspecified atom stereocenters. The molecule has 0 radical (unpaired) electrons. The number of benzene rings is 1. The fraction of sp³-hybridized carbons (Fsp3) is 0.500. The van der Waals surface area contributed by atoms with Crippen LogP contribution in [0.4, 0.5) is 16.0 Å². The van der Waals surface area contributed by atoms with Crippen LogP contribution in [0.2, 0.25) is 0 Å². The number of hydrogen-bond donors (Lipinski definition) is 3. The summed E-state index contributed by atoms with van der Waals surface area (Å²) in [6, 6.07) is 2.62. The molecule has 2 aromatic heterocycles. The Morgan fingerprint density at radius 1 is 1.29 bits per heavy atom. The average molecular weight is 471 g/mol. The highest BCUT2D eigenvalue weighted by Gasteiger charge is 2.53. The van der Waals surface area contributed by atoms with Gasteiger partial charge in [0.05, 0.1) is 11.8 Å². The van der Waals surface area contributed by atoms with Crippen molar-refractivity contribution in [1.82, 2.24) is 19.1 Å². The third-order valence-corrected chi connectivity index (χ3v) is 7.06. The van der Waals surface area contributed by atoms with Gasteiger partial charge in [-0.1, -0.05) is 13.8 Å². The van der Waals surface area contributed by atoms with Gasteiger partial charge < -0.3 is 16.2 Å². The second kappa shape index (κ2) is 8.83.